The molecule has 5 heteroatoms. The van der Waals surface area contributed by atoms with Gasteiger partial charge in [0, 0.05) is 49.0 Å². The molecule has 4 nitrogen and oxygen atoms in total. The van der Waals surface area contributed by atoms with Gasteiger partial charge >= 0.3 is 0 Å². The summed E-state index contributed by atoms with van der Waals surface area (Å²) in [4.78, 5) is 11.8. The van der Waals surface area contributed by atoms with Crippen molar-refractivity contribution < 1.29 is 34.4 Å². The summed E-state index contributed by atoms with van der Waals surface area (Å²) in [6.45, 7) is 11.1. The maximum Gasteiger partial charge on any atom is 0.162 e. The van der Waals surface area contributed by atoms with Crippen molar-refractivity contribution in [3.05, 3.63) is 106 Å². The van der Waals surface area contributed by atoms with Crippen LogP contribution in [0.2, 0.25) is 0 Å². The van der Waals surface area contributed by atoms with E-state index in [0.29, 0.717) is 17.6 Å². The molecule has 0 spiro atoms. The molecule has 47 heavy (non-hydrogen) atoms. The zero-order valence-corrected chi connectivity index (χ0v) is 31.0. The Morgan fingerprint density at radius 2 is 1.64 bits per heavy atom. The molecule has 0 amide bonds. The second-order valence-corrected chi connectivity index (χ2v) is 14.5. The number of carbonyl (C=O) groups is 1. The first-order valence-corrected chi connectivity index (χ1v) is 17.5. The van der Waals surface area contributed by atoms with Crippen LogP contribution >= 0.6 is 0 Å². The summed E-state index contributed by atoms with van der Waals surface area (Å²) >= 11 is 0. The number of aryl methyl sites for hydroxylation is 1. The summed E-state index contributed by atoms with van der Waals surface area (Å²) in [7, 11) is 0. The summed E-state index contributed by atoms with van der Waals surface area (Å²) in [6, 6.07) is 20.9. The third-order valence-electron chi connectivity index (χ3n) is 10.0. The van der Waals surface area contributed by atoms with Gasteiger partial charge in [-0.05, 0) is 61.1 Å². The van der Waals surface area contributed by atoms with Gasteiger partial charge in [0.25, 0.3) is 0 Å². The van der Waals surface area contributed by atoms with Crippen LogP contribution in [0.1, 0.15) is 113 Å². The van der Waals surface area contributed by atoms with E-state index in [1.165, 1.54) is 54.0 Å². The van der Waals surface area contributed by atoms with Crippen LogP contribution in [0.15, 0.2) is 71.0 Å². The SMILES string of the molecule is Cc1[c-]c(C2[N-]C=C(C(C)C)c3cc(CC(C)C)ccc32)c2oc3ccccc3c2c1.O=C(/C=C(\O)C1CCCC1)C1CCCC1.[Ir]. The molecule has 0 saturated heterocycles. The van der Waals surface area contributed by atoms with Gasteiger partial charge in [-0.15, -0.1) is 5.56 Å². The summed E-state index contributed by atoms with van der Waals surface area (Å²) in [5.41, 5.74) is 9.24. The minimum absolute atomic E-state index is 0. The number of hydrogen-bond donors (Lipinski definition) is 1. The average molecular weight is 808 g/mol. The number of carbonyl (C=O) groups excluding carboxylic acids is 1. The number of hydrogen-bond acceptors (Lipinski definition) is 3. The summed E-state index contributed by atoms with van der Waals surface area (Å²) in [6.07, 6.45) is 13.6. The van der Waals surface area contributed by atoms with Crippen LogP contribution in [0.25, 0.3) is 32.8 Å². The first kappa shape index (κ1) is 35.2. The minimum Gasteiger partial charge on any atom is -0.682 e. The molecule has 2 fully saturated rings. The Balaban J connectivity index is 0.000000228. The molecule has 0 bridgehead atoms. The molecular formula is C42H49IrNO3-2. The van der Waals surface area contributed by atoms with Crippen LogP contribution in [-0.4, -0.2) is 10.9 Å². The molecule has 2 saturated carbocycles. The van der Waals surface area contributed by atoms with E-state index in [2.05, 4.69) is 83.3 Å². The fourth-order valence-corrected chi connectivity index (χ4v) is 7.62. The fourth-order valence-electron chi connectivity index (χ4n) is 7.62. The molecule has 1 atom stereocenters. The first-order valence-electron chi connectivity index (χ1n) is 17.5. The predicted molar refractivity (Wildman–Crippen MR) is 190 cm³/mol. The van der Waals surface area contributed by atoms with Crippen molar-refractivity contribution in [3.63, 3.8) is 0 Å². The molecule has 251 valence electrons. The Hall–Kier alpha value is -3.14. The second kappa shape index (κ2) is 15.4. The Bertz CT molecular complexity index is 1770. The van der Waals surface area contributed by atoms with Crippen molar-refractivity contribution in [2.45, 2.75) is 98.4 Å². The molecule has 1 aromatic heterocycles. The molecule has 1 aliphatic heterocycles. The van der Waals surface area contributed by atoms with Crippen molar-refractivity contribution in [2.75, 3.05) is 0 Å². The van der Waals surface area contributed by atoms with E-state index in [-0.39, 0.29) is 43.8 Å². The number of para-hydroxylation sites is 1. The van der Waals surface area contributed by atoms with Gasteiger partial charge in [0.2, 0.25) is 0 Å². The van der Waals surface area contributed by atoms with E-state index in [4.69, 9.17) is 9.73 Å². The van der Waals surface area contributed by atoms with E-state index < -0.39 is 0 Å². The Kier molecular flexibility index (Phi) is 11.5. The minimum atomic E-state index is -0.103. The molecular weight excluding hydrogens is 759 g/mol. The zero-order valence-electron chi connectivity index (χ0n) is 28.6. The number of aliphatic hydroxyl groups is 1. The van der Waals surface area contributed by atoms with E-state index in [1.54, 1.807) is 0 Å². The maximum atomic E-state index is 11.8. The normalized spacial score (nSPS) is 18.6. The molecule has 2 aliphatic carbocycles. The van der Waals surface area contributed by atoms with E-state index in [1.807, 2.05) is 12.1 Å². The van der Waals surface area contributed by atoms with Crippen LogP contribution in [-0.2, 0) is 31.3 Å². The molecule has 1 radical (unpaired) electrons. The topological polar surface area (TPSA) is 64.5 Å². The smallest absolute Gasteiger partial charge is 0.162 e. The maximum absolute atomic E-state index is 11.8. The summed E-state index contributed by atoms with van der Waals surface area (Å²) < 4.78 is 6.35. The van der Waals surface area contributed by atoms with Gasteiger partial charge in [0.1, 0.15) is 5.58 Å². The van der Waals surface area contributed by atoms with Crippen LogP contribution in [0.4, 0.5) is 0 Å². The van der Waals surface area contributed by atoms with Gasteiger partial charge in [-0.25, -0.2) is 0 Å². The zero-order chi connectivity index (χ0) is 32.4. The number of nitrogens with zero attached hydrogens (tertiary/aromatic N) is 1. The molecule has 2 heterocycles. The first-order chi connectivity index (χ1) is 22.2. The quantitative estimate of drug-likeness (QED) is 0.115. The molecule has 1 N–H and O–H groups in total. The van der Waals surface area contributed by atoms with E-state index in [9.17, 15) is 9.90 Å². The van der Waals surface area contributed by atoms with Gasteiger partial charge in [-0.3, -0.25) is 4.79 Å². The van der Waals surface area contributed by atoms with Crippen LogP contribution in [0.5, 0.6) is 0 Å². The van der Waals surface area contributed by atoms with Crippen molar-refractivity contribution in [1.82, 2.24) is 0 Å². The number of benzene rings is 3. The molecule has 1 unspecified atom stereocenters. The van der Waals surface area contributed by atoms with Crippen molar-refractivity contribution in [1.29, 1.82) is 0 Å². The molecule has 3 aromatic carbocycles. The van der Waals surface area contributed by atoms with Crippen molar-refractivity contribution >= 4 is 33.3 Å². The Morgan fingerprint density at radius 1 is 0.957 bits per heavy atom. The van der Waals surface area contributed by atoms with Gasteiger partial charge < -0.3 is 14.8 Å². The van der Waals surface area contributed by atoms with Gasteiger partial charge in [0.15, 0.2) is 5.78 Å². The monoisotopic (exact) mass is 808 g/mol. The molecule has 3 aliphatic rings. The van der Waals surface area contributed by atoms with Crippen molar-refractivity contribution in [2.24, 2.45) is 23.7 Å². The molecule has 7 rings (SSSR count). The van der Waals surface area contributed by atoms with Gasteiger partial charge in [-0.2, -0.15) is 23.9 Å². The number of fused-ring (bicyclic) bond motifs is 4. The fraction of sp³-hybridized carbons (Fsp3) is 0.452. The average Bonchev–Trinajstić information content (AvgIpc) is 3.82. The second-order valence-electron chi connectivity index (χ2n) is 14.5. The van der Waals surface area contributed by atoms with E-state index >= 15 is 0 Å². The number of aliphatic hydroxyl groups excluding tert-OH is 1. The summed E-state index contributed by atoms with van der Waals surface area (Å²) in [5.74, 6) is 2.05. The molecule has 4 aromatic rings. The third kappa shape index (κ3) is 7.79. The van der Waals surface area contributed by atoms with Crippen LogP contribution in [0, 0.1) is 36.7 Å². The van der Waals surface area contributed by atoms with Crippen molar-refractivity contribution in [3.8, 4) is 0 Å². The summed E-state index contributed by atoms with van der Waals surface area (Å²) in [5, 5.41) is 17.2. The van der Waals surface area contributed by atoms with Gasteiger partial charge in [0.05, 0.1) is 5.76 Å². The Morgan fingerprint density at radius 3 is 2.32 bits per heavy atom. The Labute approximate surface area is 294 Å². The number of ketones is 1. The number of furan rings is 1. The third-order valence-corrected chi connectivity index (χ3v) is 10.0. The predicted octanol–water partition coefficient (Wildman–Crippen LogP) is 11.7. The van der Waals surface area contributed by atoms with Crippen LogP contribution in [0.3, 0.4) is 0 Å². The standard InChI is InChI=1S/C29H29NO.C13H20O2.Ir/c1-17(2)12-20-10-11-22-23(15-20)26(18(3)4)16-30-28(22)25-14-19(5)13-24-21-8-6-7-9-27(21)31-29(24)25;14-12(10-5-1-2-6-10)9-13(15)11-7-3-4-8-11;/h6-11,13,15-18,28H,12H2,1-5H3;9-11,14H,1-8H2;/q-2;;/b;12-9-;. The number of rotatable bonds is 7. The van der Waals surface area contributed by atoms with E-state index in [0.717, 1.165) is 65.2 Å². The van der Waals surface area contributed by atoms with Crippen LogP contribution < -0.4 is 0 Å². The number of allylic oxidation sites excluding steroid dienone is 3. The van der Waals surface area contributed by atoms with Gasteiger partial charge in [-0.1, -0.05) is 119 Å². The largest absolute Gasteiger partial charge is 0.682 e.